The molecule has 0 radical (unpaired) electrons. The molecule has 0 aromatic heterocycles. The third kappa shape index (κ3) is 5.56. The van der Waals surface area contributed by atoms with Gasteiger partial charge >= 0.3 is 0 Å². The van der Waals surface area contributed by atoms with Gasteiger partial charge in [-0.3, -0.25) is 9.69 Å². The minimum atomic E-state index is 0. The van der Waals surface area contributed by atoms with Crippen molar-refractivity contribution in [3.05, 3.63) is 0 Å². The molecular formula is C14H28ClN3O2. The van der Waals surface area contributed by atoms with Gasteiger partial charge in [-0.1, -0.05) is 0 Å². The van der Waals surface area contributed by atoms with Crippen LogP contribution in [0.4, 0.5) is 0 Å². The van der Waals surface area contributed by atoms with Crippen molar-refractivity contribution in [3.8, 4) is 0 Å². The molecule has 2 fully saturated rings. The number of carbonyl (C=O) groups is 1. The zero-order chi connectivity index (χ0) is 13.5. The first kappa shape index (κ1) is 17.7. The van der Waals surface area contributed by atoms with Gasteiger partial charge in [-0.25, -0.2) is 0 Å². The number of halogens is 1. The Hall–Kier alpha value is -0.360. The highest BCUT2D eigenvalue weighted by atomic mass is 35.5. The van der Waals surface area contributed by atoms with Gasteiger partial charge in [0.05, 0.1) is 19.8 Å². The summed E-state index contributed by atoms with van der Waals surface area (Å²) in [5, 5.41) is 3.22. The van der Waals surface area contributed by atoms with E-state index in [0.717, 1.165) is 38.6 Å². The fourth-order valence-corrected chi connectivity index (χ4v) is 2.89. The summed E-state index contributed by atoms with van der Waals surface area (Å²) in [6, 6.07) is 0. The Morgan fingerprint density at radius 2 is 1.85 bits per heavy atom. The molecule has 0 spiro atoms. The molecule has 20 heavy (non-hydrogen) atoms. The molecule has 0 aliphatic carbocycles. The number of nitrogens with one attached hydrogen (secondary N) is 1. The molecule has 1 amide bonds. The third-order valence-corrected chi connectivity index (χ3v) is 4.23. The lowest BCUT2D eigenvalue weighted by Crippen LogP contribution is -2.47. The minimum absolute atomic E-state index is 0. The van der Waals surface area contributed by atoms with Gasteiger partial charge in [-0.15, -0.1) is 12.4 Å². The number of piperidine rings is 1. The molecule has 2 aliphatic heterocycles. The van der Waals surface area contributed by atoms with E-state index in [1.54, 1.807) is 0 Å². The zero-order valence-corrected chi connectivity index (χ0v) is 13.3. The third-order valence-electron chi connectivity index (χ3n) is 4.23. The monoisotopic (exact) mass is 305 g/mol. The number of morpholine rings is 1. The molecule has 2 aliphatic rings. The number of nitrogens with zero attached hydrogens (tertiary/aromatic N) is 2. The number of likely N-dealkylation sites (tertiary alicyclic amines) is 1. The highest BCUT2D eigenvalue weighted by Crippen LogP contribution is 2.19. The standard InChI is InChI=1S/C14H27N3O2.ClH/c1-15-5-2-13-3-6-16(7-4-13)12-14(18)17-8-10-19-11-9-17;/h13,15H,2-12H2,1H3;1H. The molecule has 118 valence electrons. The lowest BCUT2D eigenvalue weighted by atomic mass is 9.93. The van der Waals surface area contributed by atoms with Gasteiger partial charge in [0.1, 0.15) is 0 Å². The fraction of sp³-hybridized carbons (Fsp3) is 0.929. The SMILES string of the molecule is CNCCC1CCN(CC(=O)N2CCOCC2)CC1.Cl. The Bertz CT molecular complexity index is 278. The summed E-state index contributed by atoms with van der Waals surface area (Å²) in [5.41, 5.74) is 0. The van der Waals surface area contributed by atoms with Crippen LogP contribution in [0.5, 0.6) is 0 Å². The van der Waals surface area contributed by atoms with E-state index in [9.17, 15) is 4.79 Å². The summed E-state index contributed by atoms with van der Waals surface area (Å²) in [7, 11) is 2.01. The number of hydrogen-bond donors (Lipinski definition) is 1. The van der Waals surface area contributed by atoms with E-state index < -0.39 is 0 Å². The highest BCUT2D eigenvalue weighted by Gasteiger charge is 2.23. The molecule has 5 nitrogen and oxygen atoms in total. The summed E-state index contributed by atoms with van der Waals surface area (Å²) in [5.74, 6) is 1.11. The Morgan fingerprint density at radius 3 is 2.45 bits per heavy atom. The molecule has 2 rings (SSSR count). The molecule has 0 atom stereocenters. The molecule has 2 saturated heterocycles. The Balaban J connectivity index is 0.00000200. The van der Waals surface area contributed by atoms with Crippen molar-refractivity contribution in [2.45, 2.75) is 19.3 Å². The summed E-state index contributed by atoms with van der Waals surface area (Å²) in [4.78, 5) is 16.4. The Morgan fingerprint density at radius 1 is 1.20 bits per heavy atom. The van der Waals surface area contributed by atoms with E-state index in [0.29, 0.717) is 19.8 Å². The van der Waals surface area contributed by atoms with E-state index in [4.69, 9.17) is 4.74 Å². The molecular weight excluding hydrogens is 278 g/mol. The first-order valence-corrected chi connectivity index (χ1v) is 7.52. The van der Waals surface area contributed by atoms with Crippen LogP contribution in [0.3, 0.4) is 0 Å². The van der Waals surface area contributed by atoms with E-state index in [1.165, 1.54) is 19.3 Å². The second kappa shape index (κ2) is 9.55. The highest BCUT2D eigenvalue weighted by molar-refractivity contribution is 5.85. The second-order valence-electron chi connectivity index (χ2n) is 5.60. The number of carbonyl (C=O) groups excluding carboxylic acids is 1. The summed E-state index contributed by atoms with van der Waals surface area (Å²) >= 11 is 0. The van der Waals surface area contributed by atoms with Crippen molar-refractivity contribution >= 4 is 18.3 Å². The predicted molar refractivity (Wildman–Crippen MR) is 82.4 cm³/mol. The maximum atomic E-state index is 12.1. The van der Waals surface area contributed by atoms with Crippen LogP contribution in [0.15, 0.2) is 0 Å². The summed E-state index contributed by atoms with van der Waals surface area (Å²) < 4.78 is 5.28. The Labute approximate surface area is 128 Å². The first-order valence-electron chi connectivity index (χ1n) is 7.52. The van der Waals surface area contributed by atoms with Gasteiger partial charge in [0.25, 0.3) is 0 Å². The van der Waals surface area contributed by atoms with Crippen LogP contribution in [0.2, 0.25) is 0 Å². The lowest BCUT2D eigenvalue weighted by molar-refractivity contribution is -0.136. The molecule has 1 N–H and O–H groups in total. The Kier molecular flexibility index (Phi) is 8.45. The van der Waals surface area contributed by atoms with Crippen LogP contribution >= 0.6 is 12.4 Å². The van der Waals surface area contributed by atoms with Crippen molar-refractivity contribution in [3.63, 3.8) is 0 Å². The van der Waals surface area contributed by atoms with Gasteiger partial charge in [0.2, 0.25) is 5.91 Å². The largest absolute Gasteiger partial charge is 0.378 e. The van der Waals surface area contributed by atoms with E-state index in [-0.39, 0.29) is 18.3 Å². The van der Waals surface area contributed by atoms with Crippen LogP contribution in [-0.2, 0) is 9.53 Å². The molecule has 0 bridgehead atoms. The molecule has 6 heteroatoms. The molecule has 0 aromatic rings. The van der Waals surface area contributed by atoms with E-state index in [1.807, 2.05) is 11.9 Å². The second-order valence-corrected chi connectivity index (χ2v) is 5.60. The minimum Gasteiger partial charge on any atom is -0.378 e. The fourth-order valence-electron chi connectivity index (χ4n) is 2.89. The average Bonchev–Trinajstić information content (AvgIpc) is 2.47. The summed E-state index contributed by atoms with van der Waals surface area (Å²) in [6.45, 7) is 6.76. The number of hydrogen-bond acceptors (Lipinski definition) is 4. The lowest BCUT2D eigenvalue weighted by Gasteiger charge is -2.34. The maximum Gasteiger partial charge on any atom is 0.236 e. The molecule has 0 unspecified atom stereocenters. The van der Waals surface area contributed by atoms with Gasteiger partial charge in [0.15, 0.2) is 0 Å². The predicted octanol–water partition coefficient (Wildman–Crippen LogP) is 0.589. The molecule has 0 saturated carbocycles. The number of amides is 1. The topological polar surface area (TPSA) is 44.8 Å². The number of ether oxygens (including phenoxy) is 1. The van der Waals surface area contributed by atoms with Gasteiger partial charge in [-0.05, 0) is 51.9 Å². The van der Waals surface area contributed by atoms with Crippen molar-refractivity contribution in [1.82, 2.24) is 15.1 Å². The van der Waals surface area contributed by atoms with Crippen LogP contribution in [0.25, 0.3) is 0 Å². The van der Waals surface area contributed by atoms with Crippen molar-refractivity contribution < 1.29 is 9.53 Å². The average molecular weight is 306 g/mol. The van der Waals surface area contributed by atoms with Crippen molar-refractivity contribution in [2.75, 3.05) is 59.5 Å². The quantitative estimate of drug-likeness (QED) is 0.807. The number of rotatable bonds is 5. The van der Waals surface area contributed by atoms with Crippen molar-refractivity contribution in [1.29, 1.82) is 0 Å². The normalized spacial score (nSPS) is 21.6. The van der Waals surface area contributed by atoms with Gasteiger partial charge in [0, 0.05) is 13.1 Å². The van der Waals surface area contributed by atoms with Crippen LogP contribution < -0.4 is 5.32 Å². The van der Waals surface area contributed by atoms with Crippen LogP contribution in [0, 0.1) is 5.92 Å². The maximum absolute atomic E-state index is 12.1. The van der Waals surface area contributed by atoms with Crippen LogP contribution in [0.1, 0.15) is 19.3 Å². The smallest absolute Gasteiger partial charge is 0.236 e. The first-order chi connectivity index (χ1) is 9.29. The van der Waals surface area contributed by atoms with Crippen LogP contribution in [-0.4, -0.2) is 75.2 Å². The van der Waals surface area contributed by atoms with Gasteiger partial charge in [-0.2, -0.15) is 0 Å². The van der Waals surface area contributed by atoms with Crippen molar-refractivity contribution in [2.24, 2.45) is 5.92 Å². The molecule has 0 aromatic carbocycles. The van der Waals surface area contributed by atoms with E-state index in [2.05, 4.69) is 10.2 Å². The zero-order valence-electron chi connectivity index (χ0n) is 12.5. The summed E-state index contributed by atoms with van der Waals surface area (Å²) in [6.07, 6.45) is 3.73. The van der Waals surface area contributed by atoms with Gasteiger partial charge < -0.3 is 15.0 Å². The molecule has 2 heterocycles. The van der Waals surface area contributed by atoms with E-state index >= 15 is 0 Å².